The van der Waals surface area contributed by atoms with Crippen molar-refractivity contribution in [1.29, 1.82) is 0 Å². The molecule has 0 fully saturated rings. The lowest BCUT2D eigenvalue weighted by atomic mass is 10.1. The van der Waals surface area contributed by atoms with Crippen LogP contribution in [-0.4, -0.2) is 43.4 Å². The highest BCUT2D eigenvalue weighted by molar-refractivity contribution is 7.85. The predicted octanol–water partition coefficient (Wildman–Crippen LogP) is 2.93. The van der Waals surface area contributed by atoms with Crippen LogP contribution in [0.2, 0.25) is 0 Å². The molecule has 3 rings (SSSR count). The number of methoxy groups -OCH3 is 1. The van der Waals surface area contributed by atoms with E-state index in [9.17, 15) is 17.6 Å². The van der Waals surface area contributed by atoms with Gasteiger partial charge in [0.1, 0.15) is 11.7 Å². The maximum Gasteiger partial charge on any atom is 0.283 e. The molecule has 0 bridgehead atoms. The van der Waals surface area contributed by atoms with Gasteiger partial charge in [-0.1, -0.05) is 24.3 Å². The lowest BCUT2D eigenvalue weighted by Gasteiger charge is -2.12. The topological polar surface area (TPSA) is 127 Å². The van der Waals surface area contributed by atoms with Crippen molar-refractivity contribution in [1.82, 2.24) is 15.6 Å². The van der Waals surface area contributed by atoms with E-state index in [1.54, 1.807) is 18.2 Å². The van der Waals surface area contributed by atoms with Crippen molar-refractivity contribution in [2.75, 3.05) is 19.5 Å². The molecule has 0 aliphatic heterocycles. The first-order chi connectivity index (χ1) is 16.2. The molecule has 1 aromatic heterocycles. The van der Waals surface area contributed by atoms with Crippen LogP contribution in [0.5, 0.6) is 17.4 Å². The van der Waals surface area contributed by atoms with Gasteiger partial charge in [0.2, 0.25) is 5.88 Å². The van der Waals surface area contributed by atoms with E-state index in [-0.39, 0.29) is 17.3 Å². The molecule has 34 heavy (non-hydrogen) atoms. The third kappa shape index (κ3) is 7.51. The third-order valence-electron chi connectivity index (χ3n) is 4.71. The van der Waals surface area contributed by atoms with E-state index in [1.807, 2.05) is 18.2 Å². The second kappa shape index (κ2) is 11.5. The minimum absolute atomic E-state index is 0.0970. The molecule has 11 heteroatoms. The zero-order chi connectivity index (χ0) is 24.6. The first-order valence-electron chi connectivity index (χ1n) is 10.2. The number of carbonyl (C=O) groups is 1. The van der Waals surface area contributed by atoms with E-state index < -0.39 is 21.9 Å². The lowest BCUT2D eigenvalue weighted by molar-refractivity contribution is 0.0958. The van der Waals surface area contributed by atoms with Crippen LogP contribution in [0.4, 0.5) is 4.39 Å². The maximum absolute atomic E-state index is 13.7. The van der Waals surface area contributed by atoms with Crippen LogP contribution >= 0.6 is 0 Å². The van der Waals surface area contributed by atoms with Crippen molar-refractivity contribution in [3.63, 3.8) is 0 Å². The highest BCUT2D eigenvalue weighted by Gasteiger charge is 2.12. The number of pyridine rings is 1. The van der Waals surface area contributed by atoms with E-state index in [2.05, 4.69) is 15.6 Å². The molecule has 0 saturated heterocycles. The largest absolute Gasteiger partial charge is 0.493 e. The third-order valence-corrected chi connectivity index (χ3v) is 5.22. The van der Waals surface area contributed by atoms with Crippen molar-refractivity contribution in [3.05, 3.63) is 83.3 Å². The van der Waals surface area contributed by atoms with Crippen LogP contribution < -0.4 is 20.1 Å². The molecule has 180 valence electrons. The van der Waals surface area contributed by atoms with Gasteiger partial charge >= 0.3 is 0 Å². The molecule has 2 aromatic carbocycles. The normalized spacial score (nSPS) is 11.1. The number of benzene rings is 2. The number of aromatic nitrogens is 1. The molecule has 3 aromatic rings. The molecule has 3 N–H and O–H groups in total. The van der Waals surface area contributed by atoms with Gasteiger partial charge in [-0.2, -0.15) is 8.42 Å². The molecular weight excluding hydrogens is 465 g/mol. The van der Waals surface area contributed by atoms with E-state index in [4.69, 9.17) is 14.0 Å². The zero-order valence-electron chi connectivity index (χ0n) is 18.3. The van der Waals surface area contributed by atoms with Crippen LogP contribution in [0.15, 0.2) is 60.8 Å². The summed E-state index contributed by atoms with van der Waals surface area (Å²) in [5.41, 5.74) is 1.70. The fourth-order valence-electron chi connectivity index (χ4n) is 3.01. The molecule has 0 aliphatic carbocycles. The van der Waals surface area contributed by atoms with Gasteiger partial charge in [-0.25, -0.2) is 9.37 Å². The van der Waals surface area contributed by atoms with Gasteiger partial charge in [0.15, 0.2) is 11.5 Å². The smallest absolute Gasteiger partial charge is 0.283 e. The van der Waals surface area contributed by atoms with E-state index in [0.29, 0.717) is 36.6 Å². The zero-order valence-corrected chi connectivity index (χ0v) is 19.1. The van der Waals surface area contributed by atoms with E-state index >= 15 is 0 Å². The summed E-state index contributed by atoms with van der Waals surface area (Å²) in [4.78, 5) is 15.9. The Kier molecular flexibility index (Phi) is 8.52. The Hall–Kier alpha value is -3.54. The van der Waals surface area contributed by atoms with Crippen LogP contribution in [-0.2, 0) is 23.1 Å². The Bertz CT molecular complexity index is 1240. The van der Waals surface area contributed by atoms with Crippen molar-refractivity contribution in [2.24, 2.45) is 0 Å². The Morgan fingerprint density at radius 1 is 1.12 bits per heavy atom. The Morgan fingerprint density at radius 2 is 1.91 bits per heavy atom. The molecule has 0 atom stereocenters. The summed E-state index contributed by atoms with van der Waals surface area (Å²) in [5, 5.41) is 5.33. The first-order valence-corrected chi connectivity index (χ1v) is 11.8. The van der Waals surface area contributed by atoms with Crippen molar-refractivity contribution >= 4 is 16.0 Å². The number of amides is 1. The Balaban J connectivity index is 1.55. The van der Waals surface area contributed by atoms with Gasteiger partial charge in [0.05, 0.1) is 12.7 Å². The van der Waals surface area contributed by atoms with Gasteiger partial charge in [0.25, 0.3) is 16.0 Å². The molecule has 0 aliphatic rings. The molecular formula is C23H24FN3O6S. The fourth-order valence-corrected chi connectivity index (χ4v) is 3.32. The van der Waals surface area contributed by atoms with Gasteiger partial charge in [-0.3, -0.25) is 9.35 Å². The van der Waals surface area contributed by atoms with Crippen LogP contribution in [0, 0.1) is 5.82 Å². The van der Waals surface area contributed by atoms with Crippen molar-refractivity contribution < 1.29 is 31.6 Å². The number of nitrogens with zero attached hydrogens (tertiary/aromatic N) is 1. The maximum atomic E-state index is 13.7. The number of hydrogen-bond donors (Lipinski definition) is 3. The van der Waals surface area contributed by atoms with Crippen LogP contribution in [0.3, 0.4) is 0 Å². The molecule has 0 spiro atoms. The summed E-state index contributed by atoms with van der Waals surface area (Å²) in [6.45, 7) is 1.16. The number of hydrogen-bond acceptors (Lipinski definition) is 7. The molecule has 0 unspecified atom stereocenters. The molecule has 1 amide bonds. The summed E-state index contributed by atoms with van der Waals surface area (Å²) < 4.78 is 55.0. The summed E-state index contributed by atoms with van der Waals surface area (Å²) >= 11 is 0. The predicted molar refractivity (Wildman–Crippen MR) is 123 cm³/mol. The SMILES string of the molecule is COc1cc(CNCCc2ccccc2F)ccc1Oc1ccc(C(=O)NCS(=O)(=O)O)cn1. The van der Waals surface area contributed by atoms with Crippen molar-refractivity contribution in [3.8, 4) is 17.4 Å². The second-order valence-corrected chi connectivity index (χ2v) is 8.68. The number of rotatable bonds is 11. The number of nitrogens with one attached hydrogen (secondary N) is 2. The summed E-state index contributed by atoms with van der Waals surface area (Å²) in [6, 6.07) is 14.9. The first kappa shape index (κ1) is 25.1. The standard InChI is InChI=1S/C23H24FN3O6S/c1-32-21-12-16(13-25-11-10-17-4-2-3-5-19(17)24)6-8-20(21)33-22-9-7-18(14-26-22)23(28)27-15-34(29,30)31/h2-9,12,14,25H,10-11,13,15H2,1H3,(H,27,28)(H,29,30,31). The van der Waals surface area contributed by atoms with E-state index in [0.717, 1.165) is 5.56 Å². The quantitative estimate of drug-likeness (QED) is 0.277. The Labute approximate surface area is 196 Å². The molecule has 0 radical (unpaired) electrons. The molecule has 9 nitrogen and oxygen atoms in total. The average Bonchev–Trinajstić information content (AvgIpc) is 2.82. The summed E-state index contributed by atoms with van der Waals surface area (Å²) in [5.74, 6) is -0.737. The minimum Gasteiger partial charge on any atom is -0.493 e. The second-order valence-electron chi connectivity index (χ2n) is 7.22. The summed E-state index contributed by atoms with van der Waals surface area (Å²) in [7, 11) is -2.81. The van der Waals surface area contributed by atoms with Gasteiger partial charge in [-0.15, -0.1) is 0 Å². The van der Waals surface area contributed by atoms with Gasteiger partial charge in [0, 0.05) is 18.8 Å². The monoisotopic (exact) mass is 489 g/mol. The van der Waals surface area contributed by atoms with Gasteiger partial charge in [-0.05, 0) is 48.4 Å². The number of ether oxygens (including phenoxy) is 2. The van der Waals surface area contributed by atoms with Gasteiger partial charge < -0.3 is 20.1 Å². The van der Waals surface area contributed by atoms with E-state index in [1.165, 1.54) is 31.5 Å². The Morgan fingerprint density at radius 3 is 2.59 bits per heavy atom. The lowest BCUT2D eigenvalue weighted by Crippen LogP contribution is -2.29. The number of halogens is 1. The fraction of sp³-hybridized carbons (Fsp3) is 0.217. The van der Waals surface area contributed by atoms with Crippen molar-refractivity contribution in [2.45, 2.75) is 13.0 Å². The van der Waals surface area contributed by atoms with Crippen LogP contribution in [0.25, 0.3) is 0 Å². The number of carbonyl (C=O) groups excluding carboxylic acids is 1. The highest BCUT2D eigenvalue weighted by atomic mass is 32.2. The highest BCUT2D eigenvalue weighted by Crippen LogP contribution is 2.31. The van der Waals surface area contributed by atoms with Crippen LogP contribution in [0.1, 0.15) is 21.5 Å². The summed E-state index contributed by atoms with van der Waals surface area (Å²) in [6.07, 6.45) is 1.79. The molecule has 1 heterocycles. The molecule has 0 saturated carbocycles. The average molecular weight is 490 g/mol. The minimum atomic E-state index is -4.32.